The fourth-order valence-corrected chi connectivity index (χ4v) is 5.12. The molecule has 0 fully saturated rings. The van der Waals surface area contributed by atoms with Crippen molar-refractivity contribution in [2.75, 3.05) is 52.9 Å². The minimum atomic E-state index is 0.343. The molecule has 1 atom stereocenters. The molecule has 0 spiro atoms. The average molecular weight is 505 g/mol. The highest BCUT2D eigenvalue weighted by Gasteiger charge is 2.26. The van der Waals surface area contributed by atoms with Crippen LogP contribution in [0.3, 0.4) is 0 Å². The maximum absolute atomic E-state index is 9.92. The first kappa shape index (κ1) is 26.7. The number of ether oxygens (including phenoxy) is 3. The molecule has 0 heterocycles. The Morgan fingerprint density at radius 1 is 0.919 bits per heavy atom. The number of aromatic hydroxyl groups is 1. The molecule has 6 heteroatoms. The van der Waals surface area contributed by atoms with E-state index in [1.54, 1.807) is 20.3 Å². The van der Waals surface area contributed by atoms with Gasteiger partial charge >= 0.3 is 0 Å². The van der Waals surface area contributed by atoms with Crippen LogP contribution in [0.5, 0.6) is 23.0 Å². The molecule has 0 aliphatic heterocycles. The van der Waals surface area contributed by atoms with Crippen molar-refractivity contribution in [2.45, 2.75) is 38.6 Å². The molecular formula is C31H40N2O4. The Labute approximate surface area is 221 Å². The minimum Gasteiger partial charge on any atom is -0.508 e. The second-order valence-corrected chi connectivity index (χ2v) is 9.97. The molecule has 1 aliphatic carbocycles. The van der Waals surface area contributed by atoms with Gasteiger partial charge in [-0.2, -0.15) is 0 Å². The van der Waals surface area contributed by atoms with E-state index in [1.807, 2.05) is 20.2 Å². The van der Waals surface area contributed by atoms with Crippen LogP contribution in [-0.2, 0) is 19.4 Å². The molecule has 0 amide bonds. The second-order valence-electron chi connectivity index (χ2n) is 9.97. The summed E-state index contributed by atoms with van der Waals surface area (Å²) in [6.45, 7) is 5.40. The van der Waals surface area contributed by atoms with Crippen molar-refractivity contribution < 1.29 is 19.3 Å². The summed E-state index contributed by atoms with van der Waals surface area (Å²) in [7, 11) is 7.48. The molecule has 3 aromatic carbocycles. The van der Waals surface area contributed by atoms with Crippen LogP contribution in [0.25, 0.3) is 0 Å². The number of benzene rings is 3. The largest absolute Gasteiger partial charge is 0.508 e. The van der Waals surface area contributed by atoms with Crippen molar-refractivity contribution in [3.63, 3.8) is 0 Å². The summed E-state index contributed by atoms with van der Waals surface area (Å²) in [5.41, 5.74) is 6.24. The molecule has 0 bridgehead atoms. The summed E-state index contributed by atoms with van der Waals surface area (Å²) in [5, 5.41) is 9.92. The standard InChI is InChI=1S/C31H40N2O4/c1-6-33(21-22-7-13-27(14-8-22)37-16-15-32(2)3)29-20-31(36-5)30(35-4)19-28(29)25-10-9-24-18-26(34)12-11-23(24)17-25/h7-8,11-14,18-20,25,34H,6,9-10,15-17,21H2,1-5H3. The monoisotopic (exact) mass is 504 g/mol. The first-order valence-corrected chi connectivity index (χ1v) is 13.1. The van der Waals surface area contributed by atoms with Crippen molar-refractivity contribution in [1.82, 2.24) is 4.90 Å². The number of hydrogen-bond acceptors (Lipinski definition) is 6. The molecule has 0 aromatic heterocycles. The van der Waals surface area contributed by atoms with Crippen LogP contribution >= 0.6 is 0 Å². The molecule has 198 valence electrons. The van der Waals surface area contributed by atoms with E-state index in [0.29, 0.717) is 18.3 Å². The first-order valence-electron chi connectivity index (χ1n) is 13.1. The first-order chi connectivity index (χ1) is 17.9. The highest BCUT2D eigenvalue weighted by atomic mass is 16.5. The van der Waals surface area contributed by atoms with Gasteiger partial charge in [0.15, 0.2) is 11.5 Å². The van der Waals surface area contributed by atoms with Gasteiger partial charge in [0.05, 0.1) is 14.2 Å². The molecule has 6 nitrogen and oxygen atoms in total. The molecule has 1 unspecified atom stereocenters. The summed E-state index contributed by atoms with van der Waals surface area (Å²) in [5.74, 6) is 3.09. The Kier molecular flexibility index (Phi) is 8.82. The summed E-state index contributed by atoms with van der Waals surface area (Å²) in [6.07, 6.45) is 2.91. The zero-order chi connectivity index (χ0) is 26.4. The van der Waals surface area contributed by atoms with E-state index >= 15 is 0 Å². The van der Waals surface area contributed by atoms with Crippen LogP contribution in [-0.4, -0.2) is 58.0 Å². The van der Waals surface area contributed by atoms with Crippen LogP contribution in [0.15, 0.2) is 54.6 Å². The minimum absolute atomic E-state index is 0.343. The van der Waals surface area contributed by atoms with E-state index in [-0.39, 0.29) is 0 Å². The lowest BCUT2D eigenvalue weighted by atomic mass is 9.79. The van der Waals surface area contributed by atoms with Gasteiger partial charge < -0.3 is 29.1 Å². The van der Waals surface area contributed by atoms with Gasteiger partial charge in [-0.1, -0.05) is 18.2 Å². The Balaban J connectivity index is 1.60. The molecule has 1 aliphatic rings. The zero-order valence-corrected chi connectivity index (χ0v) is 22.8. The van der Waals surface area contributed by atoms with Gasteiger partial charge in [0.1, 0.15) is 18.1 Å². The van der Waals surface area contributed by atoms with E-state index in [4.69, 9.17) is 14.2 Å². The number of rotatable bonds is 11. The maximum atomic E-state index is 9.92. The van der Waals surface area contributed by atoms with E-state index in [0.717, 1.165) is 56.1 Å². The third kappa shape index (κ3) is 6.50. The number of anilines is 1. The zero-order valence-electron chi connectivity index (χ0n) is 22.8. The second kappa shape index (κ2) is 12.2. The molecule has 37 heavy (non-hydrogen) atoms. The van der Waals surface area contributed by atoms with Crippen LogP contribution in [0.4, 0.5) is 5.69 Å². The van der Waals surface area contributed by atoms with Crippen molar-refractivity contribution in [3.8, 4) is 23.0 Å². The highest BCUT2D eigenvalue weighted by Crippen LogP contribution is 2.43. The summed E-state index contributed by atoms with van der Waals surface area (Å²) in [4.78, 5) is 4.52. The molecular weight excluding hydrogens is 464 g/mol. The predicted octanol–water partition coefficient (Wildman–Crippen LogP) is 5.65. The molecule has 0 saturated heterocycles. The summed E-state index contributed by atoms with van der Waals surface area (Å²) < 4.78 is 17.3. The van der Waals surface area contributed by atoms with E-state index in [1.165, 1.54) is 27.9 Å². The van der Waals surface area contributed by atoms with E-state index in [9.17, 15) is 5.11 Å². The maximum Gasteiger partial charge on any atom is 0.162 e. The lowest BCUT2D eigenvalue weighted by Crippen LogP contribution is -2.25. The van der Waals surface area contributed by atoms with Gasteiger partial charge in [-0.25, -0.2) is 0 Å². The number of fused-ring (bicyclic) bond motifs is 1. The van der Waals surface area contributed by atoms with E-state index < -0.39 is 0 Å². The smallest absolute Gasteiger partial charge is 0.162 e. The number of methoxy groups -OCH3 is 2. The van der Waals surface area contributed by atoms with Crippen LogP contribution in [0.1, 0.15) is 41.5 Å². The Morgan fingerprint density at radius 3 is 2.32 bits per heavy atom. The van der Waals surface area contributed by atoms with Gasteiger partial charge in [-0.15, -0.1) is 0 Å². The lowest BCUT2D eigenvalue weighted by Gasteiger charge is -2.32. The van der Waals surface area contributed by atoms with Crippen LogP contribution in [0, 0.1) is 0 Å². The number of hydrogen-bond donors (Lipinski definition) is 1. The van der Waals surface area contributed by atoms with Gasteiger partial charge in [0, 0.05) is 31.4 Å². The number of nitrogens with zero attached hydrogens (tertiary/aromatic N) is 2. The van der Waals surface area contributed by atoms with Gasteiger partial charge in [-0.3, -0.25) is 0 Å². The molecule has 0 saturated carbocycles. The van der Waals surface area contributed by atoms with Crippen LogP contribution in [0.2, 0.25) is 0 Å². The Bertz CT molecular complexity index is 1180. The van der Waals surface area contributed by atoms with Crippen molar-refractivity contribution in [1.29, 1.82) is 0 Å². The number of likely N-dealkylation sites (N-methyl/N-ethyl adjacent to an activating group) is 1. The van der Waals surface area contributed by atoms with Gasteiger partial charge in [-0.05, 0) is 98.8 Å². The molecule has 0 radical (unpaired) electrons. The third-order valence-electron chi connectivity index (χ3n) is 7.22. The topological polar surface area (TPSA) is 54.4 Å². The fraction of sp³-hybridized carbons (Fsp3) is 0.419. The van der Waals surface area contributed by atoms with Crippen molar-refractivity contribution in [2.24, 2.45) is 0 Å². The van der Waals surface area contributed by atoms with Crippen LogP contribution < -0.4 is 19.1 Å². The molecule has 3 aromatic rings. The number of aryl methyl sites for hydroxylation is 1. The lowest BCUT2D eigenvalue weighted by molar-refractivity contribution is 0.261. The number of phenolic OH excluding ortho intramolecular Hbond substituents is 1. The molecule has 1 N–H and O–H groups in total. The van der Waals surface area contributed by atoms with Crippen molar-refractivity contribution in [3.05, 3.63) is 76.9 Å². The van der Waals surface area contributed by atoms with Gasteiger partial charge in [0.2, 0.25) is 0 Å². The number of phenols is 1. The summed E-state index contributed by atoms with van der Waals surface area (Å²) >= 11 is 0. The Morgan fingerprint density at radius 2 is 1.65 bits per heavy atom. The highest BCUT2D eigenvalue weighted by molar-refractivity contribution is 5.64. The molecule has 4 rings (SSSR count). The SMILES string of the molecule is CCN(Cc1ccc(OCCN(C)C)cc1)c1cc(OC)c(OC)cc1C1CCc2cc(O)ccc2C1. The predicted molar refractivity (Wildman–Crippen MR) is 150 cm³/mol. The van der Waals surface area contributed by atoms with Crippen molar-refractivity contribution >= 4 is 5.69 Å². The fourth-order valence-electron chi connectivity index (χ4n) is 5.12. The van der Waals surface area contributed by atoms with Gasteiger partial charge in [0.25, 0.3) is 0 Å². The third-order valence-corrected chi connectivity index (χ3v) is 7.22. The van der Waals surface area contributed by atoms with E-state index in [2.05, 4.69) is 59.2 Å². The Hall–Kier alpha value is -3.38. The quantitative estimate of drug-likeness (QED) is 0.364. The normalized spacial score (nSPS) is 14.8. The summed E-state index contributed by atoms with van der Waals surface area (Å²) in [6, 6.07) is 18.5. The average Bonchev–Trinajstić information content (AvgIpc) is 2.91.